The summed E-state index contributed by atoms with van der Waals surface area (Å²) in [5, 5.41) is 5.36. The van der Waals surface area contributed by atoms with Crippen molar-refractivity contribution in [2.24, 2.45) is 11.1 Å². The minimum Gasteiger partial charge on any atom is -0.397 e. The molecular formula is C11H14ClN3O3S. The van der Waals surface area contributed by atoms with Crippen LogP contribution in [0.5, 0.6) is 0 Å². The number of amides is 1. The molecule has 1 aliphatic heterocycles. The minimum atomic E-state index is -3.60. The van der Waals surface area contributed by atoms with Crippen LogP contribution < -0.4 is 15.8 Å². The van der Waals surface area contributed by atoms with Gasteiger partial charge in [0, 0.05) is 18.9 Å². The van der Waals surface area contributed by atoms with E-state index in [1.54, 1.807) is 18.2 Å². The number of nitrogens with two attached hydrogens (primary N) is 2. The Bertz CT molecular complexity index is 597. The van der Waals surface area contributed by atoms with Gasteiger partial charge in [-0.1, -0.05) is 17.7 Å². The predicted molar refractivity (Wildman–Crippen MR) is 74.3 cm³/mol. The number of sulfonamides is 1. The fraction of sp³-hybridized carbons (Fsp3) is 0.364. The van der Waals surface area contributed by atoms with E-state index in [2.05, 4.69) is 0 Å². The number of para-hydroxylation sites is 1. The van der Waals surface area contributed by atoms with Gasteiger partial charge < -0.3 is 10.6 Å². The second kappa shape index (κ2) is 4.99. The molecule has 1 atom stereocenters. The molecule has 6 nitrogen and oxygen atoms in total. The summed E-state index contributed by atoms with van der Waals surface area (Å²) in [5.41, 5.74) is 6.64. The number of nitrogens with zero attached hydrogens (tertiary/aromatic N) is 1. The van der Waals surface area contributed by atoms with Crippen LogP contribution in [0.1, 0.15) is 6.42 Å². The summed E-state index contributed by atoms with van der Waals surface area (Å²) in [6, 6.07) is 4.96. The third-order valence-electron chi connectivity index (χ3n) is 2.96. The first-order valence-electron chi connectivity index (χ1n) is 5.63. The number of hydrogen-bond donors (Lipinski definition) is 2. The van der Waals surface area contributed by atoms with Gasteiger partial charge in [-0.15, -0.1) is 0 Å². The molecule has 0 spiro atoms. The maximum Gasteiger partial charge on any atom is 0.227 e. The smallest absolute Gasteiger partial charge is 0.227 e. The van der Waals surface area contributed by atoms with Gasteiger partial charge in [-0.25, -0.2) is 13.6 Å². The van der Waals surface area contributed by atoms with Crippen molar-refractivity contribution >= 4 is 38.9 Å². The van der Waals surface area contributed by atoms with Crippen LogP contribution in [-0.2, 0) is 14.8 Å². The zero-order valence-electron chi connectivity index (χ0n) is 10.0. The van der Waals surface area contributed by atoms with Gasteiger partial charge in [-0.2, -0.15) is 0 Å². The predicted octanol–water partition coefficient (Wildman–Crippen LogP) is 0.564. The molecule has 0 aromatic heterocycles. The third-order valence-corrected chi connectivity index (χ3v) is 4.20. The molecule has 19 heavy (non-hydrogen) atoms. The van der Waals surface area contributed by atoms with Crippen LogP contribution in [0.4, 0.5) is 11.4 Å². The lowest BCUT2D eigenvalue weighted by Crippen LogP contribution is -2.28. The lowest BCUT2D eigenvalue weighted by molar-refractivity contribution is -0.117. The van der Waals surface area contributed by atoms with E-state index in [1.807, 2.05) is 0 Å². The summed E-state index contributed by atoms with van der Waals surface area (Å²) in [6.45, 7) is 0.253. The van der Waals surface area contributed by atoms with E-state index in [4.69, 9.17) is 22.5 Å². The Kier molecular flexibility index (Phi) is 3.71. The van der Waals surface area contributed by atoms with Crippen molar-refractivity contribution in [2.75, 3.05) is 22.9 Å². The van der Waals surface area contributed by atoms with Crippen LogP contribution in [0, 0.1) is 5.92 Å². The quantitative estimate of drug-likeness (QED) is 0.796. The number of halogens is 1. The number of primary sulfonamides is 1. The lowest BCUT2D eigenvalue weighted by Gasteiger charge is -2.20. The number of carbonyl (C=O) groups excluding carboxylic acids is 1. The number of carbonyl (C=O) groups is 1. The van der Waals surface area contributed by atoms with Crippen LogP contribution >= 0.6 is 11.6 Å². The molecule has 1 fully saturated rings. The molecule has 1 aromatic rings. The number of hydrogen-bond acceptors (Lipinski definition) is 4. The molecule has 0 bridgehead atoms. The summed E-state index contributed by atoms with van der Waals surface area (Å²) < 4.78 is 22.1. The minimum absolute atomic E-state index is 0.126. The van der Waals surface area contributed by atoms with Crippen molar-refractivity contribution < 1.29 is 13.2 Å². The molecule has 1 saturated heterocycles. The van der Waals surface area contributed by atoms with Crippen molar-refractivity contribution in [3.05, 3.63) is 23.2 Å². The van der Waals surface area contributed by atoms with Gasteiger partial charge >= 0.3 is 0 Å². The molecule has 0 aliphatic carbocycles. The molecule has 1 aromatic carbocycles. The van der Waals surface area contributed by atoms with Gasteiger partial charge in [0.25, 0.3) is 0 Å². The topological polar surface area (TPSA) is 106 Å². The molecule has 1 heterocycles. The maximum atomic E-state index is 12.0. The Morgan fingerprint density at radius 1 is 1.42 bits per heavy atom. The molecule has 1 unspecified atom stereocenters. The van der Waals surface area contributed by atoms with E-state index < -0.39 is 10.0 Å². The summed E-state index contributed by atoms with van der Waals surface area (Å²) in [4.78, 5) is 13.4. The standard InChI is InChI=1S/C11H14ClN3O3S/c12-8-2-1-3-9(13)11(8)15-5-7(4-10(15)16)6-19(14,17)18/h1-3,7H,4-6,13H2,(H2,14,17,18). The Morgan fingerprint density at radius 2 is 2.11 bits per heavy atom. The highest BCUT2D eigenvalue weighted by Gasteiger charge is 2.34. The summed E-state index contributed by atoms with van der Waals surface area (Å²) in [5.74, 6) is -0.758. The highest BCUT2D eigenvalue weighted by Crippen LogP contribution is 2.35. The van der Waals surface area contributed by atoms with Gasteiger partial charge in [0.05, 0.1) is 22.2 Å². The summed E-state index contributed by atoms with van der Waals surface area (Å²) in [7, 11) is -3.60. The summed E-state index contributed by atoms with van der Waals surface area (Å²) in [6.07, 6.45) is 0.126. The van der Waals surface area contributed by atoms with Gasteiger partial charge in [0.15, 0.2) is 0 Å². The molecule has 2 rings (SSSR count). The van der Waals surface area contributed by atoms with Crippen molar-refractivity contribution in [1.82, 2.24) is 0 Å². The van der Waals surface area contributed by atoms with E-state index in [9.17, 15) is 13.2 Å². The highest BCUT2D eigenvalue weighted by atomic mass is 35.5. The molecule has 104 valence electrons. The first-order valence-corrected chi connectivity index (χ1v) is 7.72. The molecule has 0 saturated carbocycles. The van der Waals surface area contributed by atoms with E-state index in [0.29, 0.717) is 16.4 Å². The number of nitrogen functional groups attached to an aromatic ring is 1. The molecule has 0 radical (unpaired) electrons. The molecule has 8 heteroatoms. The Balaban J connectivity index is 2.26. The number of rotatable bonds is 3. The monoisotopic (exact) mass is 303 g/mol. The van der Waals surface area contributed by atoms with Crippen LogP contribution in [0.25, 0.3) is 0 Å². The third kappa shape index (κ3) is 3.17. The Hall–Kier alpha value is -1.31. The van der Waals surface area contributed by atoms with Crippen molar-refractivity contribution in [3.63, 3.8) is 0 Å². The first-order chi connectivity index (χ1) is 8.78. The van der Waals surface area contributed by atoms with Gasteiger partial charge in [0.1, 0.15) is 0 Å². The first kappa shape index (κ1) is 14.1. The van der Waals surface area contributed by atoms with Crippen LogP contribution in [0.3, 0.4) is 0 Å². The van der Waals surface area contributed by atoms with Crippen molar-refractivity contribution in [3.8, 4) is 0 Å². The SMILES string of the molecule is Nc1cccc(Cl)c1N1CC(CS(N)(=O)=O)CC1=O. The van der Waals surface area contributed by atoms with Gasteiger partial charge in [-0.3, -0.25) is 4.79 Å². The summed E-state index contributed by atoms with van der Waals surface area (Å²) >= 11 is 6.04. The van der Waals surface area contributed by atoms with Gasteiger partial charge in [0.2, 0.25) is 15.9 Å². The van der Waals surface area contributed by atoms with Crippen molar-refractivity contribution in [1.29, 1.82) is 0 Å². The van der Waals surface area contributed by atoms with Crippen LogP contribution in [-0.4, -0.2) is 26.6 Å². The average Bonchev–Trinajstić information content (AvgIpc) is 2.56. The second-order valence-electron chi connectivity index (χ2n) is 4.58. The van der Waals surface area contributed by atoms with E-state index >= 15 is 0 Å². The fourth-order valence-electron chi connectivity index (χ4n) is 2.25. The number of benzene rings is 1. The Morgan fingerprint density at radius 3 is 2.68 bits per heavy atom. The molecule has 1 amide bonds. The molecule has 4 N–H and O–H groups in total. The zero-order chi connectivity index (χ0) is 14.2. The number of anilines is 2. The van der Waals surface area contributed by atoms with Crippen LogP contribution in [0.2, 0.25) is 5.02 Å². The second-order valence-corrected chi connectivity index (χ2v) is 6.65. The largest absolute Gasteiger partial charge is 0.397 e. The van der Waals surface area contributed by atoms with E-state index in [1.165, 1.54) is 4.90 Å². The maximum absolute atomic E-state index is 12.0. The van der Waals surface area contributed by atoms with E-state index in [0.717, 1.165) is 0 Å². The van der Waals surface area contributed by atoms with Crippen LogP contribution in [0.15, 0.2) is 18.2 Å². The zero-order valence-corrected chi connectivity index (χ0v) is 11.6. The fourth-order valence-corrected chi connectivity index (χ4v) is 3.42. The Labute approximate surface area is 116 Å². The van der Waals surface area contributed by atoms with Crippen molar-refractivity contribution in [2.45, 2.75) is 6.42 Å². The lowest BCUT2D eigenvalue weighted by atomic mass is 10.1. The molecular weight excluding hydrogens is 290 g/mol. The van der Waals surface area contributed by atoms with E-state index in [-0.39, 0.29) is 30.5 Å². The normalized spacial score (nSPS) is 20.0. The highest BCUT2D eigenvalue weighted by molar-refractivity contribution is 7.89. The molecule has 1 aliphatic rings. The van der Waals surface area contributed by atoms with Gasteiger partial charge in [-0.05, 0) is 12.1 Å². The average molecular weight is 304 g/mol.